The zero-order valence-corrected chi connectivity index (χ0v) is 15.5. The average molecular weight is 391 g/mol. The Morgan fingerprint density at radius 3 is 2.69 bits per heavy atom. The molecule has 0 saturated carbocycles. The second-order valence-corrected chi connectivity index (χ2v) is 6.78. The fourth-order valence-electron chi connectivity index (χ4n) is 2.38. The summed E-state index contributed by atoms with van der Waals surface area (Å²) in [6, 6.07) is 13.0. The molecular formula is C18H16ClFN4OS. The highest BCUT2D eigenvalue weighted by Gasteiger charge is 2.15. The lowest BCUT2D eigenvalue weighted by Crippen LogP contribution is -2.14. The summed E-state index contributed by atoms with van der Waals surface area (Å²) in [5, 5.41) is 12.4. The number of carbonyl (C=O) groups is 1. The maximum absolute atomic E-state index is 12.9. The van der Waals surface area contributed by atoms with Gasteiger partial charge in [-0.05, 0) is 43.3 Å². The molecule has 2 aromatic carbocycles. The van der Waals surface area contributed by atoms with Crippen LogP contribution in [0.3, 0.4) is 0 Å². The third-order valence-corrected chi connectivity index (χ3v) is 4.78. The van der Waals surface area contributed by atoms with Crippen molar-refractivity contribution in [3.8, 4) is 11.4 Å². The summed E-state index contributed by atoms with van der Waals surface area (Å²) in [4.78, 5) is 12.1. The van der Waals surface area contributed by atoms with Crippen LogP contribution in [0, 0.1) is 5.82 Å². The summed E-state index contributed by atoms with van der Waals surface area (Å²) in [6.07, 6.45) is 0. The SMILES string of the molecule is CCn1c(SCC(=O)Nc2ccc(F)cc2)nnc1-c1cccc(Cl)c1. The van der Waals surface area contributed by atoms with Gasteiger partial charge in [0.1, 0.15) is 5.82 Å². The van der Waals surface area contributed by atoms with E-state index in [1.54, 1.807) is 6.07 Å². The quantitative estimate of drug-likeness (QED) is 0.630. The molecule has 134 valence electrons. The Balaban J connectivity index is 1.68. The van der Waals surface area contributed by atoms with E-state index < -0.39 is 0 Å². The number of hydrogen-bond acceptors (Lipinski definition) is 4. The van der Waals surface area contributed by atoms with E-state index in [4.69, 9.17) is 11.6 Å². The van der Waals surface area contributed by atoms with Crippen molar-refractivity contribution in [2.45, 2.75) is 18.6 Å². The average Bonchev–Trinajstić information content (AvgIpc) is 3.05. The number of thioether (sulfide) groups is 1. The predicted molar refractivity (Wildman–Crippen MR) is 102 cm³/mol. The lowest BCUT2D eigenvalue weighted by Gasteiger charge is -2.08. The molecule has 0 spiro atoms. The summed E-state index contributed by atoms with van der Waals surface area (Å²) < 4.78 is 14.8. The van der Waals surface area contributed by atoms with E-state index in [1.807, 2.05) is 29.7 Å². The molecule has 0 aliphatic carbocycles. The standard InChI is InChI=1S/C18H16ClFN4OS/c1-2-24-17(12-4-3-5-13(19)10-12)22-23-18(24)26-11-16(25)21-15-8-6-14(20)7-9-15/h3-10H,2,11H2,1H3,(H,21,25). The maximum Gasteiger partial charge on any atom is 0.234 e. The Hall–Kier alpha value is -2.38. The van der Waals surface area contributed by atoms with E-state index in [0.717, 1.165) is 5.56 Å². The molecule has 1 amide bonds. The third kappa shape index (κ3) is 4.42. The van der Waals surface area contributed by atoms with E-state index >= 15 is 0 Å². The van der Waals surface area contributed by atoms with Gasteiger partial charge < -0.3 is 9.88 Å². The smallest absolute Gasteiger partial charge is 0.234 e. The number of rotatable bonds is 6. The molecule has 0 fully saturated rings. The first-order valence-corrected chi connectivity index (χ1v) is 9.30. The molecule has 0 saturated heterocycles. The van der Waals surface area contributed by atoms with Gasteiger partial charge in [0.2, 0.25) is 5.91 Å². The van der Waals surface area contributed by atoms with Gasteiger partial charge in [-0.15, -0.1) is 10.2 Å². The van der Waals surface area contributed by atoms with E-state index in [9.17, 15) is 9.18 Å². The van der Waals surface area contributed by atoms with Crippen molar-refractivity contribution < 1.29 is 9.18 Å². The molecule has 5 nitrogen and oxygen atoms in total. The van der Waals surface area contributed by atoms with Crippen molar-refractivity contribution in [2.24, 2.45) is 0 Å². The van der Waals surface area contributed by atoms with Gasteiger partial charge in [-0.2, -0.15) is 0 Å². The van der Waals surface area contributed by atoms with Crippen molar-refractivity contribution in [2.75, 3.05) is 11.1 Å². The lowest BCUT2D eigenvalue weighted by molar-refractivity contribution is -0.113. The van der Waals surface area contributed by atoms with Gasteiger partial charge in [0.05, 0.1) is 5.75 Å². The molecule has 0 unspecified atom stereocenters. The highest BCUT2D eigenvalue weighted by atomic mass is 35.5. The summed E-state index contributed by atoms with van der Waals surface area (Å²) in [5.41, 5.74) is 1.42. The molecule has 0 aliphatic rings. The van der Waals surface area contributed by atoms with Crippen molar-refractivity contribution in [1.82, 2.24) is 14.8 Å². The highest BCUT2D eigenvalue weighted by Crippen LogP contribution is 2.25. The number of anilines is 1. The van der Waals surface area contributed by atoms with Crippen LogP contribution in [0.1, 0.15) is 6.92 Å². The van der Waals surface area contributed by atoms with E-state index in [2.05, 4.69) is 15.5 Å². The van der Waals surface area contributed by atoms with Crippen LogP contribution in [0.4, 0.5) is 10.1 Å². The van der Waals surface area contributed by atoms with Crippen LogP contribution in [0.25, 0.3) is 11.4 Å². The molecule has 0 radical (unpaired) electrons. The Morgan fingerprint density at radius 2 is 2.00 bits per heavy atom. The second-order valence-electron chi connectivity index (χ2n) is 5.40. The zero-order chi connectivity index (χ0) is 18.5. The number of aromatic nitrogens is 3. The van der Waals surface area contributed by atoms with Gasteiger partial charge >= 0.3 is 0 Å². The number of nitrogens with one attached hydrogen (secondary N) is 1. The Labute approximate surface area is 159 Å². The molecule has 0 atom stereocenters. The Bertz CT molecular complexity index is 914. The van der Waals surface area contributed by atoms with Gasteiger partial charge in [-0.25, -0.2) is 4.39 Å². The summed E-state index contributed by atoms with van der Waals surface area (Å²) in [5.74, 6) is 0.334. The molecule has 1 N–H and O–H groups in total. The molecular weight excluding hydrogens is 375 g/mol. The molecule has 26 heavy (non-hydrogen) atoms. The van der Waals surface area contributed by atoms with Gasteiger partial charge in [-0.3, -0.25) is 4.79 Å². The van der Waals surface area contributed by atoms with Crippen LogP contribution >= 0.6 is 23.4 Å². The van der Waals surface area contributed by atoms with Gasteiger partial charge in [0, 0.05) is 22.8 Å². The fraction of sp³-hybridized carbons (Fsp3) is 0.167. The van der Waals surface area contributed by atoms with Crippen LogP contribution in [-0.2, 0) is 11.3 Å². The van der Waals surface area contributed by atoms with Gasteiger partial charge in [0.15, 0.2) is 11.0 Å². The number of benzene rings is 2. The van der Waals surface area contributed by atoms with Crippen LogP contribution in [-0.4, -0.2) is 26.4 Å². The molecule has 0 bridgehead atoms. The summed E-state index contributed by atoms with van der Waals surface area (Å²) >= 11 is 7.34. The first-order valence-electron chi connectivity index (χ1n) is 7.94. The second kappa shape index (κ2) is 8.33. The molecule has 1 heterocycles. The van der Waals surface area contributed by atoms with E-state index in [1.165, 1.54) is 36.0 Å². The maximum atomic E-state index is 12.9. The van der Waals surface area contributed by atoms with Crippen LogP contribution in [0.2, 0.25) is 5.02 Å². The normalized spacial score (nSPS) is 10.7. The molecule has 8 heteroatoms. The summed E-state index contributed by atoms with van der Waals surface area (Å²) in [7, 11) is 0. The van der Waals surface area contributed by atoms with Crippen molar-refractivity contribution >= 4 is 35.0 Å². The largest absolute Gasteiger partial charge is 0.325 e. The first kappa shape index (κ1) is 18.4. The van der Waals surface area contributed by atoms with Crippen LogP contribution in [0.15, 0.2) is 53.7 Å². The number of halogens is 2. The molecule has 3 aromatic rings. The third-order valence-electron chi connectivity index (χ3n) is 3.58. The van der Waals surface area contributed by atoms with Gasteiger partial charge in [-0.1, -0.05) is 35.5 Å². The zero-order valence-electron chi connectivity index (χ0n) is 13.9. The fourth-order valence-corrected chi connectivity index (χ4v) is 3.37. The molecule has 3 rings (SSSR count). The molecule has 1 aromatic heterocycles. The predicted octanol–water partition coefficient (Wildman–Crippen LogP) is 4.49. The Kier molecular flexibility index (Phi) is 5.90. The minimum absolute atomic E-state index is 0.172. The molecule has 0 aliphatic heterocycles. The van der Waals surface area contributed by atoms with E-state index in [-0.39, 0.29) is 17.5 Å². The first-order chi connectivity index (χ1) is 12.6. The highest BCUT2D eigenvalue weighted by molar-refractivity contribution is 7.99. The van der Waals surface area contributed by atoms with Crippen LogP contribution < -0.4 is 5.32 Å². The monoisotopic (exact) mass is 390 g/mol. The lowest BCUT2D eigenvalue weighted by atomic mass is 10.2. The number of hydrogen-bond donors (Lipinski definition) is 1. The number of carbonyl (C=O) groups excluding carboxylic acids is 1. The topological polar surface area (TPSA) is 59.8 Å². The van der Waals surface area contributed by atoms with E-state index in [0.29, 0.717) is 28.2 Å². The van der Waals surface area contributed by atoms with Crippen LogP contribution in [0.5, 0.6) is 0 Å². The Morgan fingerprint density at radius 1 is 1.23 bits per heavy atom. The van der Waals surface area contributed by atoms with Crippen molar-refractivity contribution in [1.29, 1.82) is 0 Å². The number of nitrogens with zero attached hydrogens (tertiary/aromatic N) is 3. The van der Waals surface area contributed by atoms with Gasteiger partial charge in [0.25, 0.3) is 0 Å². The van der Waals surface area contributed by atoms with Crippen molar-refractivity contribution in [3.63, 3.8) is 0 Å². The van der Waals surface area contributed by atoms with Crippen molar-refractivity contribution in [3.05, 3.63) is 59.4 Å². The summed E-state index contributed by atoms with van der Waals surface area (Å²) in [6.45, 7) is 2.65. The minimum atomic E-state index is -0.345. The number of amides is 1. The minimum Gasteiger partial charge on any atom is -0.325 e.